The van der Waals surface area contributed by atoms with Gasteiger partial charge in [0.15, 0.2) is 0 Å². The van der Waals surface area contributed by atoms with Crippen molar-refractivity contribution in [1.29, 1.82) is 0 Å². The van der Waals surface area contributed by atoms with Crippen molar-refractivity contribution >= 4 is 0 Å². The molecule has 0 aromatic rings. The lowest BCUT2D eigenvalue weighted by molar-refractivity contribution is 0.0369. The zero-order valence-electron chi connectivity index (χ0n) is 7.71. The third kappa shape index (κ3) is 3.24. The molecule has 70 valence electrons. The number of hydrogen-bond acceptors (Lipinski definition) is 3. The van der Waals surface area contributed by atoms with Crippen LogP contribution in [-0.2, 0) is 9.47 Å². The first-order chi connectivity index (χ1) is 5.83. The zero-order chi connectivity index (χ0) is 8.81. The molecule has 1 aliphatic heterocycles. The van der Waals surface area contributed by atoms with Crippen LogP contribution < -0.4 is 0 Å². The van der Waals surface area contributed by atoms with Crippen LogP contribution in [0.15, 0.2) is 12.3 Å². The Labute approximate surface area is 74.0 Å². The molecule has 0 N–H and O–H groups in total. The minimum atomic E-state index is 0.861. The van der Waals surface area contributed by atoms with E-state index in [-0.39, 0.29) is 0 Å². The van der Waals surface area contributed by atoms with Crippen molar-refractivity contribution in [3.63, 3.8) is 0 Å². The Bertz CT molecular complexity index is 141. The van der Waals surface area contributed by atoms with Crippen LogP contribution in [0.3, 0.4) is 0 Å². The molecule has 0 spiro atoms. The quantitative estimate of drug-likeness (QED) is 0.586. The van der Waals surface area contributed by atoms with E-state index in [0.717, 1.165) is 45.0 Å². The van der Waals surface area contributed by atoms with Gasteiger partial charge >= 0.3 is 0 Å². The molecular formula is C9H17NO2. The highest BCUT2D eigenvalue weighted by molar-refractivity contribution is 4.83. The van der Waals surface area contributed by atoms with E-state index in [9.17, 15) is 0 Å². The van der Waals surface area contributed by atoms with E-state index in [1.807, 2.05) is 0 Å². The SMILES string of the molecule is C=C(CCN1CCOCC1)OC. The van der Waals surface area contributed by atoms with Crippen LogP contribution in [0.25, 0.3) is 0 Å². The smallest absolute Gasteiger partial charge is 0.0896 e. The molecular weight excluding hydrogens is 154 g/mol. The highest BCUT2D eigenvalue weighted by atomic mass is 16.5. The topological polar surface area (TPSA) is 21.7 Å². The summed E-state index contributed by atoms with van der Waals surface area (Å²) in [6.45, 7) is 8.61. The first kappa shape index (κ1) is 9.55. The van der Waals surface area contributed by atoms with Gasteiger partial charge in [-0.15, -0.1) is 0 Å². The number of morpholine rings is 1. The summed E-state index contributed by atoms with van der Waals surface area (Å²) in [6.07, 6.45) is 0.927. The van der Waals surface area contributed by atoms with Crippen molar-refractivity contribution in [1.82, 2.24) is 4.90 Å². The molecule has 0 aromatic heterocycles. The normalized spacial score (nSPS) is 19.1. The van der Waals surface area contributed by atoms with Crippen LogP contribution in [0, 0.1) is 0 Å². The molecule has 0 radical (unpaired) electrons. The van der Waals surface area contributed by atoms with Crippen molar-refractivity contribution in [2.24, 2.45) is 0 Å². The van der Waals surface area contributed by atoms with E-state index in [2.05, 4.69) is 11.5 Å². The van der Waals surface area contributed by atoms with E-state index in [4.69, 9.17) is 9.47 Å². The molecule has 0 amide bonds. The van der Waals surface area contributed by atoms with E-state index in [0.29, 0.717) is 0 Å². The predicted molar refractivity (Wildman–Crippen MR) is 48.0 cm³/mol. The maximum absolute atomic E-state index is 5.24. The third-order valence-electron chi connectivity index (χ3n) is 2.10. The highest BCUT2D eigenvalue weighted by Crippen LogP contribution is 2.03. The van der Waals surface area contributed by atoms with E-state index >= 15 is 0 Å². The minimum Gasteiger partial charge on any atom is -0.502 e. The zero-order valence-corrected chi connectivity index (χ0v) is 7.71. The summed E-state index contributed by atoms with van der Waals surface area (Å²) in [4.78, 5) is 2.37. The Morgan fingerprint density at radius 2 is 2.17 bits per heavy atom. The second-order valence-electron chi connectivity index (χ2n) is 2.95. The summed E-state index contributed by atoms with van der Waals surface area (Å²) < 4.78 is 10.2. The average Bonchev–Trinajstić information content (AvgIpc) is 2.16. The Kier molecular flexibility index (Phi) is 4.11. The summed E-state index contributed by atoms with van der Waals surface area (Å²) in [5.41, 5.74) is 0. The van der Waals surface area contributed by atoms with Crippen LogP contribution in [0.5, 0.6) is 0 Å². The van der Waals surface area contributed by atoms with Crippen LogP contribution in [-0.4, -0.2) is 44.9 Å². The molecule has 0 unspecified atom stereocenters. The van der Waals surface area contributed by atoms with Crippen molar-refractivity contribution in [2.45, 2.75) is 6.42 Å². The summed E-state index contributed by atoms with van der Waals surface area (Å²) in [6, 6.07) is 0. The van der Waals surface area contributed by atoms with Crippen LogP contribution in [0.4, 0.5) is 0 Å². The highest BCUT2D eigenvalue weighted by Gasteiger charge is 2.09. The number of nitrogens with zero attached hydrogens (tertiary/aromatic N) is 1. The molecule has 1 rings (SSSR count). The monoisotopic (exact) mass is 171 g/mol. The molecule has 3 nitrogen and oxygen atoms in total. The van der Waals surface area contributed by atoms with Crippen LogP contribution >= 0.6 is 0 Å². The van der Waals surface area contributed by atoms with Crippen molar-refractivity contribution in [2.75, 3.05) is 40.0 Å². The van der Waals surface area contributed by atoms with Gasteiger partial charge in [0.05, 0.1) is 26.1 Å². The van der Waals surface area contributed by atoms with Gasteiger partial charge in [-0.25, -0.2) is 0 Å². The lowest BCUT2D eigenvalue weighted by Crippen LogP contribution is -2.36. The fraction of sp³-hybridized carbons (Fsp3) is 0.778. The van der Waals surface area contributed by atoms with Gasteiger partial charge in [-0.2, -0.15) is 0 Å². The lowest BCUT2D eigenvalue weighted by atomic mass is 10.3. The molecule has 3 heteroatoms. The van der Waals surface area contributed by atoms with E-state index in [1.165, 1.54) is 0 Å². The van der Waals surface area contributed by atoms with Gasteiger partial charge in [-0.05, 0) is 0 Å². The van der Waals surface area contributed by atoms with Crippen LogP contribution in [0.1, 0.15) is 6.42 Å². The van der Waals surface area contributed by atoms with Gasteiger partial charge in [0.25, 0.3) is 0 Å². The van der Waals surface area contributed by atoms with Crippen molar-refractivity contribution in [3.8, 4) is 0 Å². The summed E-state index contributed by atoms with van der Waals surface area (Å²) in [5.74, 6) is 0.862. The molecule has 0 aliphatic carbocycles. The number of rotatable bonds is 4. The largest absolute Gasteiger partial charge is 0.502 e. The minimum absolute atomic E-state index is 0.861. The molecule has 1 aliphatic rings. The lowest BCUT2D eigenvalue weighted by Gasteiger charge is -2.26. The summed E-state index contributed by atoms with van der Waals surface area (Å²) >= 11 is 0. The second kappa shape index (κ2) is 5.17. The van der Waals surface area contributed by atoms with Gasteiger partial charge in [0, 0.05) is 26.1 Å². The van der Waals surface area contributed by atoms with Gasteiger partial charge in [0.2, 0.25) is 0 Å². The van der Waals surface area contributed by atoms with E-state index in [1.54, 1.807) is 7.11 Å². The van der Waals surface area contributed by atoms with Gasteiger partial charge < -0.3 is 9.47 Å². The number of hydrogen-bond donors (Lipinski definition) is 0. The second-order valence-corrected chi connectivity index (χ2v) is 2.95. The first-order valence-electron chi connectivity index (χ1n) is 4.35. The molecule has 1 saturated heterocycles. The van der Waals surface area contributed by atoms with Crippen LogP contribution in [0.2, 0.25) is 0 Å². The fourth-order valence-electron chi connectivity index (χ4n) is 1.21. The van der Waals surface area contributed by atoms with Gasteiger partial charge in [-0.1, -0.05) is 6.58 Å². The summed E-state index contributed by atoms with van der Waals surface area (Å²) in [7, 11) is 1.67. The molecule has 0 aromatic carbocycles. The van der Waals surface area contributed by atoms with Gasteiger partial charge in [0.1, 0.15) is 0 Å². The van der Waals surface area contributed by atoms with Gasteiger partial charge in [-0.3, -0.25) is 4.90 Å². The molecule has 1 fully saturated rings. The maximum Gasteiger partial charge on any atom is 0.0896 e. The first-order valence-corrected chi connectivity index (χ1v) is 4.35. The average molecular weight is 171 g/mol. The molecule has 0 saturated carbocycles. The van der Waals surface area contributed by atoms with Crippen molar-refractivity contribution in [3.05, 3.63) is 12.3 Å². The predicted octanol–water partition coefficient (Wildman–Crippen LogP) is 0.869. The maximum atomic E-state index is 5.24. The molecule has 12 heavy (non-hydrogen) atoms. The number of ether oxygens (including phenoxy) is 2. The summed E-state index contributed by atoms with van der Waals surface area (Å²) in [5, 5.41) is 0. The Hall–Kier alpha value is -0.540. The van der Waals surface area contributed by atoms with E-state index < -0.39 is 0 Å². The molecule has 0 bridgehead atoms. The Morgan fingerprint density at radius 1 is 1.50 bits per heavy atom. The Balaban J connectivity index is 2.09. The number of methoxy groups -OCH3 is 1. The fourth-order valence-corrected chi connectivity index (χ4v) is 1.21. The molecule has 1 heterocycles. The standard InChI is InChI=1S/C9H17NO2/c1-9(11-2)3-4-10-5-7-12-8-6-10/h1,3-8H2,2H3. The molecule has 0 atom stereocenters. The van der Waals surface area contributed by atoms with Crippen molar-refractivity contribution < 1.29 is 9.47 Å². The third-order valence-corrected chi connectivity index (χ3v) is 2.10. The Morgan fingerprint density at radius 3 is 2.75 bits per heavy atom.